The van der Waals surface area contributed by atoms with Crippen molar-refractivity contribution < 1.29 is 9.53 Å². The first kappa shape index (κ1) is 16.8. The number of anilines is 1. The molecule has 8 nitrogen and oxygen atoms in total. The highest BCUT2D eigenvalue weighted by Gasteiger charge is 2.22. The van der Waals surface area contributed by atoms with Gasteiger partial charge in [-0.05, 0) is 25.0 Å². The van der Waals surface area contributed by atoms with Gasteiger partial charge in [-0.15, -0.1) is 10.2 Å². The zero-order valence-electron chi connectivity index (χ0n) is 13.9. The molecule has 1 aliphatic heterocycles. The number of para-hydroxylation sites is 1. The Labute approximate surface area is 152 Å². The van der Waals surface area contributed by atoms with Crippen LogP contribution in [0.3, 0.4) is 0 Å². The van der Waals surface area contributed by atoms with Gasteiger partial charge in [-0.25, -0.2) is 4.98 Å². The van der Waals surface area contributed by atoms with Gasteiger partial charge in [-0.2, -0.15) is 0 Å². The van der Waals surface area contributed by atoms with E-state index in [9.17, 15) is 9.59 Å². The highest BCUT2D eigenvalue weighted by atomic mass is 32.1. The molecule has 1 saturated heterocycles. The summed E-state index contributed by atoms with van der Waals surface area (Å²) in [5, 5.41) is 12.6. The van der Waals surface area contributed by atoms with E-state index in [1.807, 2.05) is 6.07 Å². The van der Waals surface area contributed by atoms with Gasteiger partial charge in [0.1, 0.15) is 11.1 Å². The van der Waals surface area contributed by atoms with E-state index in [1.54, 1.807) is 18.2 Å². The van der Waals surface area contributed by atoms with Crippen LogP contribution in [0, 0.1) is 0 Å². The van der Waals surface area contributed by atoms with Gasteiger partial charge in [-0.3, -0.25) is 14.2 Å². The van der Waals surface area contributed by atoms with E-state index >= 15 is 0 Å². The molecular formula is C17H17N5O3S. The predicted molar refractivity (Wildman–Crippen MR) is 97.1 cm³/mol. The van der Waals surface area contributed by atoms with Crippen molar-refractivity contribution in [1.82, 2.24) is 19.7 Å². The summed E-state index contributed by atoms with van der Waals surface area (Å²) in [5.74, 6) is -0.222. The van der Waals surface area contributed by atoms with E-state index in [2.05, 4.69) is 20.5 Å². The Balaban J connectivity index is 1.38. The highest BCUT2D eigenvalue weighted by Crippen LogP contribution is 2.31. The molecule has 1 aliphatic rings. The van der Waals surface area contributed by atoms with Crippen LogP contribution in [0.25, 0.3) is 10.9 Å². The summed E-state index contributed by atoms with van der Waals surface area (Å²) in [5.41, 5.74) is 0.494. The molecule has 26 heavy (non-hydrogen) atoms. The molecule has 134 valence electrons. The molecule has 2 aromatic heterocycles. The molecule has 1 aromatic carbocycles. The molecule has 1 amide bonds. The summed E-state index contributed by atoms with van der Waals surface area (Å²) in [6, 6.07) is 7.15. The smallest absolute Gasteiger partial charge is 0.261 e. The molecule has 1 N–H and O–H groups in total. The van der Waals surface area contributed by atoms with Crippen LogP contribution in [0.5, 0.6) is 0 Å². The first-order valence-electron chi connectivity index (χ1n) is 8.40. The van der Waals surface area contributed by atoms with Gasteiger partial charge >= 0.3 is 0 Å². The molecule has 3 heterocycles. The minimum atomic E-state index is -0.222. The number of carbonyl (C=O) groups is 1. The van der Waals surface area contributed by atoms with Crippen LogP contribution in [-0.2, 0) is 16.1 Å². The van der Waals surface area contributed by atoms with Gasteiger partial charge < -0.3 is 10.1 Å². The van der Waals surface area contributed by atoms with E-state index in [-0.39, 0.29) is 30.5 Å². The molecule has 0 saturated carbocycles. The Morgan fingerprint density at radius 3 is 3.08 bits per heavy atom. The number of aromatic nitrogens is 4. The number of nitrogens with one attached hydrogen (secondary N) is 1. The summed E-state index contributed by atoms with van der Waals surface area (Å²) in [6.07, 6.45) is 3.55. The highest BCUT2D eigenvalue weighted by molar-refractivity contribution is 7.15. The van der Waals surface area contributed by atoms with Crippen LogP contribution in [0.15, 0.2) is 35.4 Å². The lowest BCUT2D eigenvalue weighted by molar-refractivity contribution is -0.116. The van der Waals surface area contributed by atoms with E-state index < -0.39 is 0 Å². The number of fused-ring (bicyclic) bond motifs is 1. The number of aryl methyl sites for hydroxylation is 1. The number of ether oxygens (including phenoxy) is 1. The SMILES string of the molecule is O=C(CCn1cnc2ccccc2c1=O)Nc1nnc([C@H]2CCCO2)s1. The molecule has 0 bridgehead atoms. The zero-order valence-corrected chi connectivity index (χ0v) is 14.7. The second-order valence-corrected chi connectivity index (χ2v) is 7.01. The van der Waals surface area contributed by atoms with Crippen LogP contribution < -0.4 is 10.9 Å². The lowest BCUT2D eigenvalue weighted by Crippen LogP contribution is -2.23. The molecule has 0 unspecified atom stereocenters. The fraction of sp³-hybridized carbons (Fsp3) is 0.353. The molecule has 0 aliphatic carbocycles. The molecule has 4 rings (SSSR count). The minimum absolute atomic E-state index is 0.0135. The van der Waals surface area contributed by atoms with Gasteiger partial charge in [0, 0.05) is 19.6 Å². The molecule has 1 atom stereocenters. The Kier molecular flexibility index (Phi) is 4.72. The van der Waals surface area contributed by atoms with Crippen LogP contribution in [0.4, 0.5) is 5.13 Å². The van der Waals surface area contributed by atoms with Gasteiger partial charge in [0.2, 0.25) is 11.0 Å². The normalized spacial score (nSPS) is 16.8. The van der Waals surface area contributed by atoms with Crippen molar-refractivity contribution in [3.63, 3.8) is 0 Å². The number of amides is 1. The Bertz CT molecular complexity index is 993. The van der Waals surface area contributed by atoms with E-state index in [1.165, 1.54) is 22.2 Å². The van der Waals surface area contributed by atoms with Crippen molar-refractivity contribution in [3.8, 4) is 0 Å². The number of carbonyl (C=O) groups excluding carboxylic acids is 1. The van der Waals surface area contributed by atoms with Crippen molar-refractivity contribution in [1.29, 1.82) is 0 Å². The van der Waals surface area contributed by atoms with Crippen molar-refractivity contribution >= 4 is 33.3 Å². The third kappa shape index (κ3) is 3.49. The van der Waals surface area contributed by atoms with Crippen molar-refractivity contribution in [2.45, 2.75) is 31.9 Å². The first-order valence-corrected chi connectivity index (χ1v) is 9.21. The maximum absolute atomic E-state index is 12.4. The molecule has 3 aromatic rings. The van der Waals surface area contributed by atoms with Crippen molar-refractivity contribution in [2.24, 2.45) is 0 Å². The summed E-state index contributed by atoms with van der Waals surface area (Å²) in [7, 11) is 0. The van der Waals surface area contributed by atoms with E-state index in [0.717, 1.165) is 24.5 Å². The molecule has 0 radical (unpaired) electrons. The molecule has 0 spiro atoms. The van der Waals surface area contributed by atoms with Gasteiger partial charge in [0.25, 0.3) is 5.56 Å². The molecular weight excluding hydrogens is 354 g/mol. The standard InChI is InChI=1S/C17H17N5O3S/c23-14(19-17-21-20-15(26-17)13-6-3-9-25-13)7-8-22-10-18-12-5-2-1-4-11(12)16(22)24/h1-2,4-5,10,13H,3,6-9H2,(H,19,21,23)/t13-/m1/s1. The number of nitrogens with zero attached hydrogens (tertiary/aromatic N) is 4. The maximum Gasteiger partial charge on any atom is 0.261 e. The number of benzene rings is 1. The largest absolute Gasteiger partial charge is 0.371 e. The molecule has 9 heteroatoms. The quantitative estimate of drug-likeness (QED) is 0.738. The average Bonchev–Trinajstić information content (AvgIpc) is 3.33. The number of hydrogen-bond acceptors (Lipinski definition) is 7. The Morgan fingerprint density at radius 2 is 2.23 bits per heavy atom. The van der Waals surface area contributed by atoms with E-state index in [4.69, 9.17) is 4.74 Å². The molecule has 1 fully saturated rings. The summed E-state index contributed by atoms with van der Waals surface area (Å²) >= 11 is 1.33. The van der Waals surface area contributed by atoms with Gasteiger partial charge in [0.15, 0.2) is 0 Å². The van der Waals surface area contributed by atoms with Crippen LogP contribution >= 0.6 is 11.3 Å². The predicted octanol–water partition coefficient (Wildman–Crippen LogP) is 2.13. The minimum Gasteiger partial charge on any atom is -0.371 e. The average molecular weight is 371 g/mol. The third-order valence-electron chi connectivity index (χ3n) is 4.20. The monoisotopic (exact) mass is 371 g/mol. The summed E-state index contributed by atoms with van der Waals surface area (Å²) < 4.78 is 7.01. The maximum atomic E-state index is 12.4. The van der Waals surface area contributed by atoms with Crippen molar-refractivity contribution in [2.75, 3.05) is 11.9 Å². The lowest BCUT2D eigenvalue weighted by atomic mass is 10.2. The van der Waals surface area contributed by atoms with Crippen LogP contribution in [0.2, 0.25) is 0 Å². The van der Waals surface area contributed by atoms with Gasteiger partial charge in [-0.1, -0.05) is 23.5 Å². The number of hydrogen-bond donors (Lipinski definition) is 1. The zero-order chi connectivity index (χ0) is 17.9. The summed E-state index contributed by atoms with van der Waals surface area (Å²) in [4.78, 5) is 28.8. The fourth-order valence-electron chi connectivity index (χ4n) is 2.86. The first-order chi connectivity index (χ1) is 12.7. The van der Waals surface area contributed by atoms with Crippen LogP contribution in [0.1, 0.15) is 30.4 Å². The fourth-order valence-corrected chi connectivity index (χ4v) is 3.70. The van der Waals surface area contributed by atoms with Gasteiger partial charge in [0.05, 0.1) is 17.2 Å². The Morgan fingerprint density at radius 1 is 1.35 bits per heavy atom. The second kappa shape index (κ2) is 7.30. The topological polar surface area (TPSA) is 99.0 Å². The summed E-state index contributed by atoms with van der Waals surface area (Å²) in [6.45, 7) is 0.986. The lowest BCUT2D eigenvalue weighted by Gasteiger charge is -2.06. The van der Waals surface area contributed by atoms with E-state index in [0.29, 0.717) is 16.0 Å². The van der Waals surface area contributed by atoms with Crippen molar-refractivity contribution in [3.05, 3.63) is 46.0 Å². The Hall–Kier alpha value is -2.65. The van der Waals surface area contributed by atoms with Crippen LogP contribution in [-0.4, -0.2) is 32.3 Å². The number of rotatable bonds is 5. The second-order valence-electron chi connectivity index (χ2n) is 6.01. The third-order valence-corrected chi connectivity index (χ3v) is 5.13.